The Morgan fingerprint density at radius 3 is 2.46 bits per heavy atom. The van der Waals surface area contributed by atoms with Crippen molar-refractivity contribution in [3.8, 4) is 0 Å². The van der Waals surface area contributed by atoms with Crippen molar-refractivity contribution in [1.29, 1.82) is 0 Å². The molecule has 2 aromatic carbocycles. The Balaban J connectivity index is 1.51. The zero-order valence-electron chi connectivity index (χ0n) is 15.6. The van der Waals surface area contributed by atoms with Gasteiger partial charge in [-0.2, -0.15) is 0 Å². The molecule has 1 fully saturated rings. The third kappa shape index (κ3) is 4.46. The summed E-state index contributed by atoms with van der Waals surface area (Å²) in [5.74, 6) is -0.668. The summed E-state index contributed by atoms with van der Waals surface area (Å²) in [5, 5.41) is 13.4. The van der Waals surface area contributed by atoms with Gasteiger partial charge in [-0.05, 0) is 24.6 Å². The Bertz CT molecular complexity index is 891. The van der Waals surface area contributed by atoms with E-state index >= 15 is 0 Å². The highest BCUT2D eigenvalue weighted by molar-refractivity contribution is 5.97. The monoisotopic (exact) mass is 382 g/mol. The van der Waals surface area contributed by atoms with Gasteiger partial charge in [0.05, 0.1) is 11.5 Å². The third-order valence-corrected chi connectivity index (χ3v) is 4.81. The number of hydrogen-bond donors (Lipinski definition) is 1. The van der Waals surface area contributed by atoms with E-state index in [4.69, 9.17) is 0 Å². The maximum Gasteiger partial charge on any atom is 0.270 e. The summed E-state index contributed by atoms with van der Waals surface area (Å²) >= 11 is 0. The van der Waals surface area contributed by atoms with Crippen LogP contribution in [0.25, 0.3) is 0 Å². The molecular weight excluding hydrogens is 360 g/mol. The van der Waals surface area contributed by atoms with Gasteiger partial charge in [-0.3, -0.25) is 19.7 Å². The van der Waals surface area contributed by atoms with Gasteiger partial charge in [-0.1, -0.05) is 24.3 Å². The molecule has 28 heavy (non-hydrogen) atoms. The summed E-state index contributed by atoms with van der Waals surface area (Å²) in [6, 6.07) is 13.6. The first-order valence-corrected chi connectivity index (χ1v) is 9.06. The molecule has 0 saturated carbocycles. The van der Waals surface area contributed by atoms with E-state index in [0.717, 1.165) is 13.1 Å². The molecule has 0 unspecified atom stereocenters. The number of carbonyl (C=O) groups excluding carboxylic acids is 2. The van der Waals surface area contributed by atoms with Crippen LogP contribution < -0.4 is 10.2 Å². The highest BCUT2D eigenvalue weighted by Gasteiger charge is 2.22. The molecule has 0 spiro atoms. The van der Waals surface area contributed by atoms with Crippen LogP contribution in [0.3, 0.4) is 0 Å². The molecule has 1 N–H and O–H groups in total. The zero-order valence-corrected chi connectivity index (χ0v) is 15.6. The number of rotatable bonds is 5. The van der Waals surface area contributed by atoms with Gasteiger partial charge in [-0.25, -0.2) is 0 Å². The van der Waals surface area contributed by atoms with E-state index in [1.807, 2.05) is 12.1 Å². The highest BCUT2D eigenvalue weighted by Crippen LogP contribution is 2.20. The van der Waals surface area contributed by atoms with E-state index in [2.05, 4.69) is 29.3 Å². The van der Waals surface area contributed by atoms with Gasteiger partial charge in [0.25, 0.3) is 11.6 Å². The smallest absolute Gasteiger partial charge is 0.270 e. The maximum absolute atomic E-state index is 12.4. The lowest BCUT2D eigenvalue weighted by Crippen LogP contribution is -2.51. The van der Waals surface area contributed by atoms with Gasteiger partial charge in [-0.15, -0.1) is 0 Å². The number of nitro groups is 1. The summed E-state index contributed by atoms with van der Waals surface area (Å²) in [6.45, 7) is 4.56. The summed E-state index contributed by atoms with van der Waals surface area (Å²) in [5.41, 5.74) is 2.37. The Morgan fingerprint density at radius 1 is 1.07 bits per heavy atom. The molecule has 1 heterocycles. The molecule has 1 aliphatic heterocycles. The van der Waals surface area contributed by atoms with Crippen molar-refractivity contribution in [1.82, 2.24) is 10.2 Å². The first-order chi connectivity index (χ1) is 13.5. The fourth-order valence-electron chi connectivity index (χ4n) is 3.25. The Hall–Kier alpha value is -3.42. The molecule has 0 aliphatic carbocycles. The standard InChI is InChI=1S/C20H22N4O4/c1-15-5-2-3-8-18(15)22-9-11-23(12-10-22)19(25)14-21-20(26)16-6-4-7-17(13-16)24(27)28/h2-8,13H,9-12,14H2,1H3,(H,21,26). The van der Waals surface area contributed by atoms with Crippen LogP contribution in [0.1, 0.15) is 15.9 Å². The predicted molar refractivity (Wildman–Crippen MR) is 105 cm³/mol. The van der Waals surface area contributed by atoms with Crippen molar-refractivity contribution in [2.45, 2.75) is 6.92 Å². The summed E-state index contributed by atoms with van der Waals surface area (Å²) in [7, 11) is 0. The molecule has 1 saturated heterocycles. The van der Waals surface area contributed by atoms with E-state index < -0.39 is 10.8 Å². The predicted octanol–water partition coefficient (Wildman–Crippen LogP) is 1.98. The second-order valence-electron chi connectivity index (χ2n) is 6.64. The molecule has 2 aromatic rings. The number of benzene rings is 2. The van der Waals surface area contributed by atoms with Gasteiger partial charge in [0.15, 0.2) is 0 Å². The van der Waals surface area contributed by atoms with Gasteiger partial charge in [0, 0.05) is 49.6 Å². The SMILES string of the molecule is Cc1ccccc1N1CCN(C(=O)CNC(=O)c2cccc([N+](=O)[O-])c2)CC1. The summed E-state index contributed by atoms with van der Waals surface area (Å²) in [6.07, 6.45) is 0. The van der Waals surface area contributed by atoms with Crippen LogP contribution in [0.2, 0.25) is 0 Å². The Morgan fingerprint density at radius 2 is 1.79 bits per heavy atom. The molecule has 8 heteroatoms. The van der Waals surface area contributed by atoms with Crippen molar-refractivity contribution in [3.05, 3.63) is 69.8 Å². The average Bonchev–Trinajstić information content (AvgIpc) is 2.72. The van der Waals surface area contributed by atoms with E-state index in [1.165, 1.54) is 35.5 Å². The fourth-order valence-corrected chi connectivity index (χ4v) is 3.25. The largest absolute Gasteiger partial charge is 0.368 e. The minimum Gasteiger partial charge on any atom is -0.368 e. The number of para-hydroxylation sites is 1. The van der Waals surface area contributed by atoms with Crippen LogP contribution in [0.4, 0.5) is 11.4 Å². The molecule has 0 radical (unpaired) electrons. The molecule has 1 aliphatic rings. The lowest BCUT2D eigenvalue weighted by molar-refractivity contribution is -0.384. The van der Waals surface area contributed by atoms with Crippen LogP contribution in [0.5, 0.6) is 0 Å². The normalized spacial score (nSPS) is 13.9. The second-order valence-corrected chi connectivity index (χ2v) is 6.64. The lowest BCUT2D eigenvalue weighted by Gasteiger charge is -2.36. The van der Waals surface area contributed by atoms with Gasteiger partial charge >= 0.3 is 0 Å². The van der Waals surface area contributed by atoms with Crippen LogP contribution in [-0.4, -0.2) is 54.4 Å². The van der Waals surface area contributed by atoms with E-state index in [1.54, 1.807) is 4.90 Å². The quantitative estimate of drug-likeness (QED) is 0.630. The third-order valence-electron chi connectivity index (χ3n) is 4.81. The van der Waals surface area contributed by atoms with Crippen molar-refractivity contribution < 1.29 is 14.5 Å². The number of hydrogen-bond acceptors (Lipinski definition) is 5. The summed E-state index contributed by atoms with van der Waals surface area (Å²) < 4.78 is 0. The van der Waals surface area contributed by atoms with Gasteiger partial charge in [0.1, 0.15) is 0 Å². The molecule has 3 rings (SSSR count). The van der Waals surface area contributed by atoms with Crippen LogP contribution >= 0.6 is 0 Å². The first-order valence-electron chi connectivity index (χ1n) is 9.06. The number of non-ortho nitro benzene ring substituents is 1. The number of nitrogens with zero attached hydrogens (tertiary/aromatic N) is 3. The highest BCUT2D eigenvalue weighted by atomic mass is 16.6. The van der Waals surface area contributed by atoms with Gasteiger partial charge in [0.2, 0.25) is 5.91 Å². The number of aryl methyl sites for hydroxylation is 1. The van der Waals surface area contributed by atoms with Crippen LogP contribution in [0, 0.1) is 17.0 Å². The van der Waals surface area contributed by atoms with Crippen molar-refractivity contribution in [2.24, 2.45) is 0 Å². The fraction of sp³-hybridized carbons (Fsp3) is 0.300. The first kappa shape index (κ1) is 19.3. The van der Waals surface area contributed by atoms with E-state index in [-0.39, 0.29) is 23.7 Å². The minimum absolute atomic E-state index is 0.133. The van der Waals surface area contributed by atoms with Crippen molar-refractivity contribution >= 4 is 23.2 Å². The van der Waals surface area contributed by atoms with Crippen molar-refractivity contribution in [2.75, 3.05) is 37.6 Å². The summed E-state index contributed by atoms with van der Waals surface area (Å²) in [4.78, 5) is 38.8. The van der Waals surface area contributed by atoms with Crippen LogP contribution in [-0.2, 0) is 4.79 Å². The molecule has 8 nitrogen and oxygen atoms in total. The van der Waals surface area contributed by atoms with Gasteiger partial charge < -0.3 is 15.1 Å². The maximum atomic E-state index is 12.4. The number of anilines is 1. The number of amides is 2. The molecule has 0 bridgehead atoms. The number of nitrogens with one attached hydrogen (secondary N) is 1. The molecule has 146 valence electrons. The topological polar surface area (TPSA) is 95.8 Å². The van der Waals surface area contributed by atoms with Crippen molar-refractivity contribution in [3.63, 3.8) is 0 Å². The Labute approximate surface area is 162 Å². The minimum atomic E-state index is -0.560. The number of piperazine rings is 1. The second kappa shape index (κ2) is 8.51. The lowest BCUT2D eigenvalue weighted by atomic mass is 10.1. The average molecular weight is 382 g/mol. The van der Waals surface area contributed by atoms with E-state index in [9.17, 15) is 19.7 Å². The number of nitro benzene ring substituents is 1. The molecule has 0 aromatic heterocycles. The molecule has 2 amide bonds. The molecular formula is C20H22N4O4. The Kier molecular flexibility index (Phi) is 5.88. The zero-order chi connectivity index (χ0) is 20.1. The van der Waals surface area contributed by atoms with E-state index in [0.29, 0.717) is 13.1 Å². The number of carbonyl (C=O) groups is 2. The van der Waals surface area contributed by atoms with Crippen LogP contribution in [0.15, 0.2) is 48.5 Å². The molecule has 0 atom stereocenters.